The summed E-state index contributed by atoms with van der Waals surface area (Å²) in [6.07, 6.45) is 5.80. The van der Waals surface area contributed by atoms with E-state index in [1.54, 1.807) is 55.9 Å². The summed E-state index contributed by atoms with van der Waals surface area (Å²) in [5.41, 5.74) is 1.18. The lowest BCUT2D eigenvalue weighted by Crippen LogP contribution is -2.31. The third-order valence-corrected chi connectivity index (χ3v) is 5.18. The maximum atomic E-state index is 12.9. The van der Waals surface area contributed by atoms with Crippen molar-refractivity contribution < 1.29 is 24.2 Å². The number of aliphatic hydroxyl groups is 1. The molecule has 7 heteroatoms. The Labute approximate surface area is 182 Å². The molecule has 1 aliphatic rings. The molecule has 1 fully saturated rings. The minimum atomic E-state index is -0.703. The Hall–Kier alpha value is -3.19. The van der Waals surface area contributed by atoms with Crippen molar-refractivity contribution in [2.45, 2.75) is 32.2 Å². The maximum absolute atomic E-state index is 12.9. The second-order valence-corrected chi connectivity index (χ2v) is 7.35. The molecule has 164 valence electrons. The highest BCUT2D eigenvalue weighted by Crippen LogP contribution is 2.39. The van der Waals surface area contributed by atoms with Crippen LogP contribution in [-0.2, 0) is 14.3 Å². The third kappa shape index (κ3) is 5.11. The highest BCUT2D eigenvalue weighted by atomic mass is 16.5. The van der Waals surface area contributed by atoms with E-state index in [1.165, 1.54) is 4.90 Å². The van der Waals surface area contributed by atoms with E-state index in [1.807, 2.05) is 0 Å². The Bertz CT molecular complexity index is 925. The number of ether oxygens (including phenoxy) is 2. The zero-order valence-corrected chi connectivity index (χ0v) is 17.9. The quantitative estimate of drug-likeness (QED) is 0.271. The monoisotopic (exact) mass is 424 g/mol. The number of carbonyl (C=O) groups is 2. The number of likely N-dealkylation sites (tertiary alicyclic amines) is 1. The molecule has 1 atom stereocenters. The van der Waals surface area contributed by atoms with Crippen molar-refractivity contribution in [3.63, 3.8) is 0 Å². The van der Waals surface area contributed by atoms with Gasteiger partial charge >= 0.3 is 0 Å². The van der Waals surface area contributed by atoms with Gasteiger partial charge in [-0.2, -0.15) is 0 Å². The number of aliphatic hydroxyl groups excluding tert-OH is 1. The summed E-state index contributed by atoms with van der Waals surface area (Å²) in [4.78, 5) is 31.3. The molecule has 1 aromatic carbocycles. The van der Waals surface area contributed by atoms with Crippen LogP contribution in [-0.4, -0.2) is 53.5 Å². The lowest BCUT2D eigenvalue weighted by molar-refractivity contribution is -0.140. The molecule has 0 bridgehead atoms. The standard InChI is InChI=1S/C24H28N2O5/c1-3-4-15-31-19-10-8-17(9-11-19)22(27)20-21(18-7-5-12-25-16-18)26(13-6-14-30-2)24(29)23(20)28/h5,7-12,16,21,27H,3-4,6,13-15H2,1-2H3/b22-20+/t21-/m0/s1. The fraction of sp³-hybridized carbons (Fsp3) is 0.375. The van der Waals surface area contributed by atoms with Crippen molar-refractivity contribution in [1.82, 2.24) is 9.88 Å². The molecule has 2 aromatic rings. The van der Waals surface area contributed by atoms with E-state index in [4.69, 9.17) is 9.47 Å². The molecule has 0 radical (unpaired) electrons. The van der Waals surface area contributed by atoms with Gasteiger partial charge < -0.3 is 19.5 Å². The van der Waals surface area contributed by atoms with Gasteiger partial charge in [0.2, 0.25) is 0 Å². The molecule has 0 saturated carbocycles. The van der Waals surface area contributed by atoms with Crippen LogP contribution in [0.25, 0.3) is 5.76 Å². The number of ketones is 1. The van der Waals surface area contributed by atoms with Gasteiger partial charge in [-0.15, -0.1) is 0 Å². The van der Waals surface area contributed by atoms with E-state index >= 15 is 0 Å². The summed E-state index contributed by atoms with van der Waals surface area (Å²) >= 11 is 0. The van der Waals surface area contributed by atoms with E-state index in [9.17, 15) is 14.7 Å². The van der Waals surface area contributed by atoms with Gasteiger partial charge in [-0.3, -0.25) is 14.6 Å². The lowest BCUT2D eigenvalue weighted by atomic mass is 9.96. The molecule has 0 aliphatic carbocycles. The topological polar surface area (TPSA) is 89.0 Å². The van der Waals surface area contributed by atoms with Crippen LogP contribution in [0.5, 0.6) is 5.75 Å². The predicted octanol–water partition coefficient (Wildman–Crippen LogP) is 3.72. The van der Waals surface area contributed by atoms with Crippen molar-refractivity contribution in [3.8, 4) is 5.75 Å². The Morgan fingerprint density at radius 1 is 1.13 bits per heavy atom. The number of hydrogen-bond acceptors (Lipinski definition) is 6. The smallest absolute Gasteiger partial charge is 0.295 e. The number of hydrogen-bond donors (Lipinski definition) is 1. The molecule has 1 amide bonds. The summed E-state index contributed by atoms with van der Waals surface area (Å²) in [5.74, 6) is -0.853. The van der Waals surface area contributed by atoms with Crippen molar-refractivity contribution in [3.05, 3.63) is 65.5 Å². The summed E-state index contributed by atoms with van der Waals surface area (Å²) in [7, 11) is 1.59. The molecule has 1 N–H and O–H groups in total. The molecular formula is C24H28N2O5. The number of rotatable bonds is 10. The second-order valence-electron chi connectivity index (χ2n) is 7.35. The van der Waals surface area contributed by atoms with Crippen LogP contribution in [0.15, 0.2) is 54.4 Å². The fourth-order valence-electron chi connectivity index (χ4n) is 3.57. The van der Waals surface area contributed by atoms with Gasteiger partial charge in [0.15, 0.2) is 0 Å². The van der Waals surface area contributed by atoms with E-state index in [0.29, 0.717) is 43.1 Å². The minimum absolute atomic E-state index is 0.0649. The predicted molar refractivity (Wildman–Crippen MR) is 117 cm³/mol. The molecule has 0 spiro atoms. The third-order valence-electron chi connectivity index (χ3n) is 5.18. The first-order valence-corrected chi connectivity index (χ1v) is 10.5. The average molecular weight is 424 g/mol. The van der Waals surface area contributed by atoms with Gasteiger partial charge in [0.05, 0.1) is 18.2 Å². The second kappa shape index (κ2) is 10.7. The van der Waals surface area contributed by atoms with Crippen molar-refractivity contribution >= 4 is 17.4 Å². The molecule has 2 heterocycles. The fourth-order valence-corrected chi connectivity index (χ4v) is 3.57. The highest BCUT2D eigenvalue weighted by Gasteiger charge is 2.45. The summed E-state index contributed by atoms with van der Waals surface area (Å²) in [6, 6.07) is 9.71. The Kier molecular flexibility index (Phi) is 7.78. The first-order chi connectivity index (χ1) is 15.1. The van der Waals surface area contributed by atoms with Crippen LogP contribution >= 0.6 is 0 Å². The van der Waals surface area contributed by atoms with Gasteiger partial charge in [0.1, 0.15) is 11.5 Å². The van der Waals surface area contributed by atoms with E-state index in [0.717, 1.165) is 12.8 Å². The van der Waals surface area contributed by atoms with Crippen LogP contribution in [0.3, 0.4) is 0 Å². The normalized spacial score (nSPS) is 17.9. The zero-order chi connectivity index (χ0) is 22.2. The number of amides is 1. The maximum Gasteiger partial charge on any atom is 0.295 e. The average Bonchev–Trinajstić information content (AvgIpc) is 3.05. The molecule has 0 unspecified atom stereocenters. The number of aromatic nitrogens is 1. The van der Waals surface area contributed by atoms with Crippen LogP contribution < -0.4 is 4.74 Å². The highest BCUT2D eigenvalue weighted by molar-refractivity contribution is 6.46. The molecule has 1 aromatic heterocycles. The number of Topliss-reactive ketones (excluding diaryl/α,β-unsaturated/α-hetero) is 1. The molecule has 7 nitrogen and oxygen atoms in total. The minimum Gasteiger partial charge on any atom is -0.507 e. The lowest BCUT2D eigenvalue weighted by Gasteiger charge is -2.25. The number of pyridine rings is 1. The van der Waals surface area contributed by atoms with E-state index in [2.05, 4.69) is 11.9 Å². The van der Waals surface area contributed by atoms with Crippen LogP contribution in [0.2, 0.25) is 0 Å². The van der Waals surface area contributed by atoms with Gasteiger partial charge in [-0.25, -0.2) is 0 Å². The first-order valence-electron chi connectivity index (χ1n) is 10.5. The van der Waals surface area contributed by atoms with E-state index < -0.39 is 17.7 Å². The van der Waals surface area contributed by atoms with Crippen LogP contribution in [0.1, 0.15) is 43.4 Å². The van der Waals surface area contributed by atoms with Crippen LogP contribution in [0, 0.1) is 0 Å². The van der Waals surface area contributed by atoms with Gasteiger partial charge in [-0.05, 0) is 48.7 Å². The summed E-state index contributed by atoms with van der Waals surface area (Å²) in [6.45, 7) is 3.50. The molecule has 1 saturated heterocycles. The van der Waals surface area contributed by atoms with Crippen LogP contribution in [0.4, 0.5) is 0 Å². The van der Waals surface area contributed by atoms with Gasteiger partial charge in [0, 0.05) is 38.2 Å². The van der Waals surface area contributed by atoms with E-state index in [-0.39, 0.29) is 11.3 Å². The molecule has 1 aliphatic heterocycles. The SMILES string of the molecule is CCCCOc1ccc(/C(O)=C2\C(=O)C(=O)N(CCCOC)[C@H]2c2cccnc2)cc1. The van der Waals surface area contributed by atoms with Crippen molar-refractivity contribution in [2.24, 2.45) is 0 Å². The zero-order valence-electron chi connectivity index (χ0n) is 17.9. The van der Waals surface area contributed by atoms with Crippen molar-refractivity contribution in [1.29, 1.82) is 0 Å². The number of benzene rings is 1. The molecule has 31 heavy (non-hydrogen) atoms. The Morgan fingerprint density at radius 2 is 1.90 bits per heavy atom. The summed E-state index contributed by atoms with van der Waals surface area (Å²) in [5, 5.41) is 11.0. The number of methoxy groups -OCH3 is 1. The molecule has 3 rings (SSSR count). The first kappa shape index (κ1) is 22.5. The Balaban J connectivity index is 1.96. The number of nitrogens with zero attached hydrogens (tertiary/aromatic N) is 2. The Morgan fingerprint density at radius 3 is 2.55 bits per heavy atom. The number of carbonyl (C=O) groups excluding carboxylic acids is 2. The largest absolute Gasteiger partial charge is 0.507 e. The van der Waals surface area contributed by atoms with Gasteiger partial charge in [0.25, 0.3) is 11.7 Å². The summed E-state index contributed by atoms with van der Waals surface area (Å²) < 4.78 is 10.7. The van der Waals surface area contributed by atoms with Crippen molar-refractivity contribution in [2.75, 3.05) is 26.9 Å². The molecular weight excluding hydrogens is 396 g/mol. The number of unbranched alkanes of at least 4 members (excludes halogenated alkanes) is 1. The van der Waals surface area contributed by atoms with Gasteiger partial charge in [-0.1, -0.05) is 19.4 Å².